The van der Waals surface area contributed by atoms with E-state index in [4.69, 9.17) is 4.74 Å². The van der Waals surface area contributed by atoms with E-state index < -0.39 is 0 Å². The van der Waals surface area contributed by atoms with Gasteiger partial charge in [-0.25, -0.2) is 4.98 Å². The number of nitrogens with one attached hydrogen (secondary N) is 1. The van der Waals surface area contributed by atoms with Crippen molar-refractivity contribution in [3.8, 4) is 11.6 Å². The van der Waals surface area contributed by atoms with Crippen LogP contribution in [0.1, 0.15) is 24.7 Å². The van der Waals surface area contributed by atoms with E-state index in [2.05, 4.69) is 27.2 Å². The molecule has 0 saturated carbocycles. The van der Waals surface area contributed by atoms with Gasteiger partial charge in [-0.3, -0.25) is 4.98 Å². The van der Waals surface area contributed by atoms with Gasteiger partial charge < -0.3 is 10.1 Å². The van der Waals surface area contributed by atoms with E-state index in [-0.39, 0.29) is 0 Å². The van der Waals surface area contributed by atoms with Crippen LogP contribution in [-0.2, 0) is 0 Å². The van der Waals surface area contributed by atoms with Crippen LogP contribution in [0.4, 0.5) is 5.82 Å². The summed E-state index contributed by atoms with van der Waals surface area (Å²) in [5.74, 6) is 2.75. The van der Waals surface area contributed by atoms with Gasteiger partial charge in [0, 0.05) is 12.7 Å². The van der Waals surface area contributed by atoms with E-state index >= 15 is 0 Å². The molecule has 2 aromatic heterocycles. The summed E-state index contributed by atoms with van der Waals surface area (Å²) in [6, 6.07) is 3.68. The van der Waals surface area contributed by atoms with Gasteiger partial charge in [-0.2, -0.15) is 4.98 Å². The second-order valence-electron chi connectivity index (χ2n) is 4.27. The Kier molecular flexibility index (Phi) is 4.28. The van der Waals surface area contributed by atoms with Gasteiger partial charge in [-0.1, -0.05) is 6.92 Å². The summed E-state index contributed by atoms with van der Waals surface area (Å²) in [5, 5.41) is 3.28. The van der Waals surface area contributed by atoms with Crippen molar-refractivity contribution in [1.29, 1.82) is 0 Å². The smallest absolute Gasteiger partial charge is 0.227 e. The molecule has 0 bridgehead atoms. The van der Waals surface area contributed by atoms with Crippen LogP contribution in [0.2, 0.25) is 0 Å². The summed E-state index contributed by atoms with van der Waals surface area (Å²) in [6.07, 6.45) is 4.41. The van der Waals surface area contributed by atoms with Crippen molar-refractivity contribution in [2.45, 2.75) is 27.2 Å². The molecule has 19 heavy (non-hydrogen) atoms. The van der Waals surface area contributed by atoms with Gasteiger partial charge in [0.2, 0.25) is 5.88 Å². The van der Waals surface area contributed by atoms with Gasteiger partial charge in [0.1, 0.15) is 17.4 Å². The molecule has 2 heterocycles. The van der Waals surface area contributed by atoms with Gasteiger partial charge in [-0.15, -0.1) is 0 Å². The largest absolute Gasteiger partial charge is 0.437 e. The lowest BCUT2D eigenvalue weighted by molar-refractivity contribution is 0.454. The SMILES string of the molecule is CCCNc1nc(C)nc(Oc2cccnc2)c1C. The number of aromatic nitrogens is 3. The number of rotatable bonds is 5. The van der Waals surface area contributed by atoms with Gasteiger partial charge in [0.05, 0.1) is 11.8 Å². The van der Waals surface area contributed by atoms with Crippen molar-refractivity contribution in [1.82, 2.24) is 15.0 Å². The van der Waals surface area contributed by atoms with Crippen molar-refractivity contribution >= 4 is 5.82 Å². The maximum absolute atomic E-state index is 5.76. The fourth-order valence-corrected chi connectivity index (χ4v) is 1.64. The van der Waals surface area contributed by atoms with Crippen LogP contribution in [0.25, 0.3) is 0 Å². The maximum atomic E-state index is 5.76. The van der Waals surface area contributed by atoms with E-state index in [1.165, 1.54) is 0 Å². The molecule has 5 nitrogen and oxygen atoms in total. The van der Waals surface area contributed by atoms with Crippen LogP contribution >= 0.6 is 0 Å². The molecule has 0 spiro atoms. The molecule has 0 aromatic carbocycles. The topological polar surface area (TPSA) is 59.9 Å². The molecule has 0 aliphatic heterocycles. The highest BCUT2D eigenvalue weighted by Crippen LogP contribution is 2.26. The Morgan fingerprint density at radius 3 is 2.79 bits per heavy atom. The van der Waals surface area contributed by atoms with Crippen LogP contribution in [-0.4, -0.2) is 21.5 Å². The molecule has 0 unspecified atom stereocenters. The van der Waals surface area contributed by atoms with Crippen molar-refractivity contribution in [2.75, 3.05) is 11.9 Å². The monoisotopic (exact) mass is 258 g/mol. The molecule has 0 aliphatic carbocycles. The van der Waals surface area contributed by atoms with Crippen molar-refractivity contribution in [2.24, 2.45) is 0 Å². The minimum Gasteiger partial charge on any atom is -0.437 e. The minimum absolute atomic E-state index is 0.569. The molecule has 2 rings (SSSR count). The van der Waals surface area contributed by atoms with Crippen LogP contribution in [0.3, 0.4) is 0 Å². The van der Waals surface area contributed by atoms with E-state index in [0.717, 1.165) is 24.3 Å². The minimum atomic E-state index is 0.569. The summed E-state index contributed by atoms with van der Waals surface area (Å²) in [4.78, 5) is 12.8. The summed E-state index contributed by atoms with van der Waals surface area (Å²) in [5.41, 5.74) is 0.905. The Morgan fingerprint density at radius 1 is 1.26 bits per heavy atom. The molecule has 0 fully saturated rings. The van der Waals surface area contributed by atoms with Crippen LogP contribution in [0.5, 0.6) is 11.6 Å². The van der Waals surface area contributed by atoms with E-state index in [0.29, 0.717) is 17.5 Å². The zero-order valence-corrected chi connectivity index (χ0v) is 11.5. The summed E-state index contributed by atoms with van der Waals surface area (Å²) in [6.45, 7) is 6.79. The second-order valence-corrected chi connectivity index (χ2v) is 4.27. The second kappa shape index (κ2) is 6.13. The predicted octanol–water partition coefficient (Wildman–Crippen LogP) is 3.10. The molecular weight excluding hydrogens is 240 g/mol. The van der Waals surface area contributed by atoms with Crippen molar-refractivity contribution in [3.63, 3.8) is 0 Å². The molecule has 0 radical (unpaired) electrons. The molecule has 0 saturated heterocycles. The Hall–Kier alpha value is -2.17. The average Bonchev–Trinajstić information content (AvgIpc) is 2.42. The van der Waals surface area contributed by atoms with Crippen LogP contribution in [0, 0.1) is 13.8 Å². The fraction of sp³-hybridized carbons (Fsp3) is 0.357. The van der Waals surface area contributed by atoms with E-state index in [1.54, 1.807) is 12.4 Å². The summed E-state index contributed by atoms with van der Waals surface area (Å²) >= 11 is 0. The molecular formula is C14H18N4O. The number of nitrogens with zero attached hydrogens (tertiary/aromatic N) is 3. The molecule has 0 aliphatic rings. The van der Waals surface area contributed by atoms with E-state index in [1.807, 2.05) is 26.0 Å². The predicted molar refractivity (Wildman–Crippen MR) is 74.6 cm³/mol. The summed E-state index contributed by atoms with van der Waals surface area (Å²) < 4.78 is 5.76. The zero-order chi connectivity index (χ0) is 13.7. The first-order chi connectivity index (χ1) is 9.20. The highest BCUT2D eigenvalue weighted by atomic mass is 16.5. The van der Waals surface area contributed by atoms with Gasteiger partial charge in [0.25, 0.3) is 0 Å². The fourth-order valence-electron chi connectivity index (χ4n) is 1.64. The highest BCUT2D eigenvalue weighted by molar-refractivity contribution is 5.49. The molecule has 0 amide bonds. The first kappa shape index (κ1) is 13.3. The standard InChI is InChI=1S/C14H18N4O/c1-4-7-16-13-10(2)14(18-11(3)17-13)19-12-6-5-8-15-9-12/h5-6,8-9H,4,7H2,1-3H3,(H,16,17,18). The van der Waals surface area contributed by atoms with Crippen LogP contribution < -0.4 is 10.1 Å². The van der Waals surface area contributed by atoms with Gasteiger partial charge in [0.15, 0.2) is 0 Å². The first-order valence-corrected chi connectivity index (χ1v) is 6.37. The summed E-state index contributed by atoms with van der Waals surface area (Å²) in [7, 11) is 0. The van der Waals surface area contributed by atoms with Crippen molar-refractivity contribution < 1.29 is 4.74 Å². The lowest BCUT2D eigenvalue weighted by Gasteiger charge is -2.12. The number of aryl methyl sites for hydroxylation is 1. The lowest BCUT2D eigenvalue weighted by Crippen LogP contribution is -2.07. The molecule has 2 aromatic rings. The Labute approximate surface area is 113 Å². The van der Waals surface area contributed by atoms with Gasteiger partial charge >= 0.3 is 0 Å². The third-order valence-electron chi connectivity index (χ3n) is 2.60. The molecule has 1 N–H and O–H groups in total. The molecule has 5 heteroatoms. The third kappa shape index (κ3) is 3.40. The Bertz CT molecular complexity index is 543. The molecule has 0 atom stereocenters. The Morgan fingerprint density at radius 2 is 2.11 bits per heavy atom. The number of hydrogen-bond donors (Lipinski definition) is 1. The number of hydrogen-bond acceptors (Lipinski definition) is 5. The molecule has 100 valence electrons. The van der Waals surface area contributed by atoms with E-state index in [9.17, 15) is 0 Å². The average molecular weight is 258 g/mol. The Balaban J connectivity index is 2.27. The quantitative estimate of drug-likeness (QED) is 0.893. The van der Waals surface area contributed by atoms with Gasteiger partial charge in [-0.05, 0) is 32.4 Å². The zero-order valence-electron chi connectivity index (χ0n) is 11.5. The highest BCUT2D eigenvalue weighted by Gasteiger charge is 2.10. The van der Waals surface area contributed by atoms with Crippen molar-refractivity contribution in [3.05, 3.63) is 35.9 Å². The third-order valence-corrected chi connectivity index (χ3v) is 2.60. The number of ether oxygens (including phenoxy) is 1. The normalized spacial score (nSPS) is 10.3. The number of pyridine rings is 1. The van der Waals surface area contributed by atoms with Crippen LogP contribution in [0.15, 0.2) is 24.5 Å². The number of anilines is 1. The lowest BCUT2D eigenvalue weighted by atomic mass is 10.3. The first-order valence-electron chi connectivity index (χ1n) is 6.37. The maximum Gasteiger partial charge on any atom is 0.227 e.